The monoisotopic (exact) mass is 308 g/mol. The van der Waals surface area contributed by atoms with Crippen molar-refractivity contribution < 1.29 is 14.6 Å². The van der Waals surface area contributed by atoms with Gasteiger partial charge in [0.25, 0.3) is 0 Å². The Balaban J connectivity index is 2.71. The molecular formula is C17H28N2O3. The fraction of sp³-hybridized carbons (Fsp3) is 0.588. The Hall–Kier alpha value is -1.75. The number of amides is 2. The van der Waals surface area contributed by atoms with Gasteiger partial charge in [-0.05, 0) is 38.8 Å². The number of hydrogen-bond donors (Lipinski definition) is 2. The molecule has 0 aromatic heterocycles. The normalized spacial score (nSPS) is 12.4. The molecule has 0 aliphatic heterocycles. The summed E-state index contributed by atoms with van der Waals surface area (Å²) in [5.41, 5.74) is 0.683. The van der Waals surface area contributed by atoms with Crippen molar-refractivity contribution in [1.29, 1.82) is 0 Å². The van der Waals surface area contributed by atoms with Crippen molar-refractivity contribution >= 4 is 11.7 Å². The van der Waals surface area contributed by atoms with Crippen LogP contribution in [0.2, 0.25) is 0 Å². The Bertz CT molecular complexity index is 473. The van der Waals surface area contributed by atoms with E-state index in [4.69, 9.17) is 4.74 Å². The van der Waals surface area contributed by atoms with Gasteiger partial charge in [-0.3, -0.25) is 0 Å². The molecule has 1 unspecified atom stereocenters. The molecule has 22 heavy (non-hydrogen) atoms. The molecule has 124 valence electrons. The van der Waals surface area contributed by atoms with Gasteiger partial charge in [0.05, 0.1) is 12.7 Å². The van der Waals surface area contributed by atoms with E-state index in [-0.39, 0.29) is 12.1 Å². The average molecular weight is 308 g/mol. The van der Waals surface area contributed by atoms with Gasteiger partial charge >= 0.3 is 6.03 Å². The van der Waals surface area contributed by atoms with Crippen molar-refractivity contribution in [1.82, 2.24) is 4.90 Å². The number of hydrogen-bond acceptors (Lipinski definition) is 3. The minimum atomic E-state index is -0.561. The maximum absolute atomic E-state index is 12.3. The molecule has 5 nitrogen and oxygen atoms in total. The average Bonchev–Trinajstić information content (AvgIpc) is 2.42. The lowest BCUT2D eigenvalue weighted by Crippen LogP contribution is -2.43. The SMILES string of the molecule is CC(C)COc1cccc(NC(=O)N(CC(C)O)C(C)C)c1. The van der Waals surface area contributed by atoms with E-state index in [0.29, 0.717) is 24.8 Å². The van der Waals surface area contributed by atoms with Crippen LogP contribution in [-0.4, -0.2) is 41.3 Å². The predicted molar refractivity (Wildman–Crippen MR) is 89.3 cm³/mol. The molecule has 0 saturated heterocycles. The van der Waals surface area contributed by atoms with Gasteiger partial charge in [-0.25, -0.2) is 4.79 Å². The van der Waals surface area contributed by atoms with Crippen LogP contribution in [0.5, 0.6) is 5.75 Å². The van der Waals surface area contributed by atoms with Crippen molar-refractivity contribution in [2.75, 3.05) is 18.5 Å². The number of carbonyl (C=O) groups is 1. The third kappa shape index (κ3) is 6.35. The molecular weight excluding hydrogens is 280 g/mol. The Kier molecular flexibility index (Phi) is 7.18. The zero-order chi connectivity index (χ0) is 16.7. The van der Waals surface area contributed by atoms with Crippen molar-refractivity contribution in [3.63, 3.8) is 0 Å². The van der Waals surface area contributed by atoms with Crippen LogP contribution in [0.15, 0.2) is 24.3 Å². The Labute approximate surface area is 133 Å². The Morgan fingerprint density at radius 2 is 1.95 bits per heavy atom. The van der Waals surface area contributed by atoms with Gasteiger partial charge in [0, 0.05) is 24.3 Å². The van der Waals surface area contributed by atoms with Crippen molar-refractivity contribution in [2.24, 2.45) is 5.92 Å². The van der Waals surface area contributed by atoms with Crippen LogP contribution < -0.4 is 10.1 Å². The molecule has 1 rings (SSSR count). The molecule has 5 heteroatoms. The smallest absolute Gasteiger partial charge is 0.322 e. The summed E-state index contributed by atoms with van der Waals surface area (Å²) >= 11 is 0. The molecule has 0 heterocycles. The van der Waals surface area contributed by atoms with Crippen LogP contribution in [0.1, 0.15) is 34.6 Å². The quantitative estimate of drug-likeness (QED) is 0.812. The van der Waals surface area contributed by atoms with E-state index in [2.05, 4.69) is 19.2 Å². The molecule has 0 aliphatic carbocycles. The summed E-state index contributed by atoms with van der Waals surface area (Å²) in [6.45, 7) is 10.6. The molecule has 2 amide bonds. The highest BCUT2D eigenvalue weighted by Gasteiger charge is 2.18. The van der Waals surface area contributed by atoms with Crippen LogP contribution in [0, 0.1) is 5.92 Å². The second-order valence-corrected chi connectivity index (χ2v) is 6.26. The minimum absolute atomic E-state index is 0.00923. The zero-order valence-electron chi connectivity index (χ0n) is 14.2. The first-order valence-electron chi connectivity index (χ1n) is 7.78. The number of aliphatic hydroxyl groups is 1. The van der Waals surface area contributed by atoms with Crippen molar-refractivity contribution in [2.45, 2.75) is 46.8 Å². The number of urea groups is 1. The van der Waals surface area contributed by atoms with Gasteiger partial charge in [-0.1, -0.05) is 19.9 Å². The third-order valence-corrected chi connectivity index (χ3v) is 3.01. The van der Waals surface area contributed by atoms with Crippen molar-refractivity contribution in [3.05, 3.63) is 24.3 Å². The highest BCUT2D eigenvalue weighted by molar-refractivity contribution is 5.89. The fourth-order valence-corrected chi connectivity index (χ4v) is 1.93. The third-order valence-electron chi connectivity index (χ3n) is 3.01. The summed E-state index contributed by atoms with van der Waals surface area (Å²) in [7, 11) is 0. The number of rotatable bonds is 7. The summed E-state index contributed by atoms with van der Waals surface area (Å²) in [5, 5.41) is 12.4. The summed E-state index contributed by atoms with van der Waals surface area (Å²) < 4.78 is 5.66. The number of nitrogens with zero attached hydrogens (tertiary/aromatic N) is 1. The van der Waals surface area contributed by atoms with Gasteiger partial charge in [0.2, 0.25) is 0 Å². The van der Waals surface area contributed by atoms with E-state index in [1.165, 1.54) is 0 Å². The minimum Gasteiger partial charge on any atom is -0.493 e. The van der Waals surface area contributed by atoms with Gasteiger partial charge in [-0.2, -0.15) is 0 Å². The van der Waals surface area contributed by atoms with E-state index in [1.807, 2.05) is 32.0 Å². The lowest BCUT2D eigenvalue weighted by molar-refractivity contribution is 0.125. The van der Waals surface area contributed by atoms with Gasteiger partial charge < -0.3 is 20.1 Å². The van der Waals surface area contributed by atoms with E-state index in [1.54, 1.807) is 17.9 Å². The van der Waals surface area contributed by atoms with Crippen LogP contribution in [0.4, 0.5) is 10.5 Å². The van der Waals surface area contributed by atoms with E-state index in [0.717, 1.165) is 5.75 Å². The summed E-state index contributed by atoms with van der Waals surface area (Å²) in [4.78, 5) is 13.9. The molecule has 0 aliphatic rings. The molecule has 1 atom stereocenters. The summed E-state index contributed by atoms with van der Waals surface area (Å²) in [5.74, 6) is 1.18. The largest absolute Gasteiger partial charge is 0.493 e. The zero-order valence-corrected chi connectivity index (χ0v) is 14.2. The molecule has 1 aromatic rings. The fourth-order valence-electron chi connectivity index (χ4n) is 1.93. The predicted octanol–water partition coefficient (Wildman–Crippen LogP) is 3.34. The number of benzene rings is 1. The maximum Gasteiger partial charge on any atom is 0.322 e. The number of ether oxygens (including phenoxy) is 1. The number of carbonyl (C=O) groups excluding carboxylic acids is 1. The number of anilines is 1. The van der Waals surface area contributed by atoms with Gasteiger partial charge in [-0.15, -0.1) is 0 Å². The summed E-state index contributed by atoms with van der Waals surface area (Å²) in [6.07, 6.45) is -0.561. The molecule has 1 aromatic carbocycles. The Morgan fingerprint density at radius 3 is 2.50 bits per heavy atom. The second-order valence-electron chi connectivity index (χ2n) is 6.26. The molecule has 2 N–H and O–H groups in total. The van der Waals surface area contributed by atoms with E-state index < -0.39 is 6.10 Å². The van der Waals surface area contributed by atoms with Crippen LogP contribution >= 0.6 is 0 Å². The van der Waals surface area contributed by atoms with Crippen LogP contribution in [-0.2, 0) is 0 Å². The van der Waals surface area contributed by atoms with Crippen molar-refractivity contribution in [3.8, 4) is 5.75 Å². The highest BCUT2D eigenvalue weighted by atomic mass is 16.5. The first-order chi connectivity index (χ1) is 10.3. The lowest BCUT2D eigenvalue weighted by atomic mass is 10.2. The maximum atomic E-state index is 12.3. The van der Waals surface area contributed by atoms with Crippen LogP contribution in [0.25, 0.3) is 0 Å². The summed E-state index contributed by atoms with van der Waals surface area (Å²) in [6, 6.07) is 7.13. The van der Waals surface area contributed by atoms with E-state index >= 15 is 0 Å². The van der Waals surface area contributed by atoms with Gasteiger partial charge in [0.15, 0.2) is 0 Å². The molecule has 0 spiro atoms. The molecule has 0 bridgehead atoms. The van der Waals surface area contributed by atoms with Gasteiger partial charge in [0.1, 0.15) is 5.75 Å². The molecule has 0 radical (unpaired) electrons. The van der Waals surface area contributed by atoms with E-state index in [9.17, 15) is 9.90 Å². The Morgan fingerprint density at radius 1 is 1.27 bits per heavy atom. The first kappa shape index (κ1) is 18.3. The lowest BCUT2D eigenvalue weighted by Gasteiger charge is -2.28. The second kappa shape index (κ2) is 8.63. The number of aliphatic hydroxyl groups excluding tert-OH is 1. The molecule has 0 saturated carbocycles. The van der Waals surface area contributed by atoms with Crippen LogP contribution in [0.3, 0.4) is 0 Å². The molecule has 0 fully saturated rings. The topological polar surface area (TPSA) is 61.8 Å². The standard InChI is InChI=1S/C17H28N2O3/c1-12(2)11-22-16-8-6-7-15(9-16)18-17(21)19(13(3)4)10-14(5)20/h6-9,12-14,20H,10-11H2,1-5H3,(H,18,21). The number of nitrogens with one attached hydrogen (secondary N) is 1. The first-order valence-corrected chi connectivity index (χ1v) is 7.78. The highest BCUT2D eigenvalue weighted by Crippen LogP contribution is 2.19.